The van der Waals surface area contributed by atoms with Crippen LogP contribution < -0.4 is 20.7 Å². The molecule has 6 rings (SSSR count). The number of nitrogens with zero attached hydrogens (tertiary/aromatic N) is 4. The number of amides is 1. The van der Waals surface area contributed by atoms with Gasteiger partial charge in [0.05, 0.1) is 18.8 Å². The van der Waals surface area contributed by atoms with Gasteiger partial charge < -0.3 is 25.6 Å². The lowest BCUT2D eigenvalue weighted by Crippen LogP contribution is -2.44. The van der Waals surface area contributed by atoms with Crippen molar-refractivity contribution in [2.24, 2.45) is 0 Å². The van der Waals surface area contributed by atoms with E-state index in [0.29, 0.717) is 25.6 Å². The Bertz CT molecular complexity index is 1580. The predicted octanol–water partition coefficient (Wildman–Crippen LogP) is 5.08. The minimum atomic E-state index is -0.134. The van der Waals surface area contributed by atoms with E-state index in [1.165, 1.54) is 5.56 Å². The summed E-state index contributed by atoms with van der Waals surface area (Å²) in [6.07, 6.45) is 4.59. The maximum atomic E-state index is 13.3. The molecule has 1 aromatic heterocycles. The third-order valence-electron chi connectivity index (χ3n) is 8.35. The zero-order valence-electron chi connectivity index (χ0n) is 25.6. The minimum absolute atomic E-state index is 0.105. The van der Waals surface area contributed by atoms with E-state index < -0.39 is 0 Å². The highest BCUT2D eigenvalue weighted by atomic mass is 16.5. The summed E-state index contributed by atoms with van der Waals surface area (Å²) in [5, 5.41) is 10.3. The molecule has 2 aliphatic rings. The van der Waals surface area contributed by atoms with Gasteiger partial charge in [0.2, 0.25) is 11.9 Å². The first-order chi connectivity index (χ1) is 21.5. The molecular weight excluding hydrogens is 550 g/mol. The predicted molar refractivity (Wildman–Crippen MR) is 175 cm³/mol. The maximum absolute atomic E-state index is 13.3. The van der Waals surface area contributed by atoms with Gasteiger partial charge in [-0.15, -0.1) is 0 Å². The number of likely N-dealkylation sites (N-methyl/N-ethyl adjacent to an activating group) is 1. The van der Waals surface area contributed by atoms with E-state index in [9.17, 15) is 4.79 Å². The third-order valence-corrected chi connectivity index (χ3v) is 8.35. The molecule has 0 aliphatic carbocycles. The topological polar surface area (TPSA) is 94.7 Å². The fourth-order valence-corrected chi connectivity index (χ4v) is 6.13. The number of carbonyl (C=O) groups excluding carboxylic acids is 1. The van der Waals surface area contributed by atoms with Crippen LogP contribution in [0.25, 0.3) is 11.3 Å². The standard InChI is InChI=1S/C35H41N7O2/c1-41-18-16-37-34(43)32-9-6-17-42(32)23-26-19-29(36-14-12-25-7-4-3-5-8-25)22-30(20-26)39-35-38-15-13-31(40-35)27-10-11-33(44-2)28(21-27)24-41/h3-5,7-8,10-11,13,15,19-22,32,36H,6,9,12,14,16-18,23-24H2,1-2H3,(H,37,43)(H,38,39,40)/t32-/m0/s1. The Labute approximate surface area is 259 Å². The lowest BCUT2D eigenvalue weighted by atomic mass is 10.1. The summed E-state index contributed by atoms with van der Waals surface area (Å²) in [6, 6.07) is 24.9. The van der Waals surface area contributed by atoms with Gasteiger partial charge in [-0.1, -0.05) is 30.3 Å². The van der Waals surface area contributed by atoms with Crippen molar-refractivity contribution in [1.82, 2.24) is 25.1 Å². The molecule has 1 fully saturated rings. The molecule has 9 nitrogen and oxygen atoms in total. The summed E-state index contributed by atoms with van der Waals surface area (Å²) < 4.78 is 5.68. The summed E-state index contributed by atoms with van der Waals surface area (Å²) in [7, 11) is 3.76. The Balaban J connectivity index is 1.32. The third kappa shape index (κ3) is 7.35. The molecule has 1 atom stereocenters. The normalized spacial score (nSPS) is 17.8. The number of hydrogen-bond acceptors (Lipinski definition) is 8. The highest BCUT2D eigenvalue weighted by molar-refractivity contribution is 5.82. The Morgan fingerprint density at radius 1 is 1.02 bits per heavy atom. The molecule has 9 heteroatoms. The van der Waals surface area contributed by atoms with Crippen molar-refractivity contribution in [1.29, 1.82) is 0 Å². The van der Waals surface area contributed by atoms with Gasteiger partial charge in [0.25, 0.3) is 0 Å². The minimum Gasteiger partial charge on any atom is -0.496 e. The molecule has 228 valence electrons. The zero-order valence-corrected chi connectivity index (χ0v) is 25.6. The highest BCUT2D eigenvalue weighted by Gasteiger charge is 2.30. The molecule has 1 saturated heterocycles. The Hall–Kier alpha value is -4.47. The average molecular weight is 592 g/mol. The van der Waals surface area contributed by atoms with Crippen LogP contribution in [0.2, 0.25) is 0 Å². The largest absolute Gasteiger partial charge is 0.496 e. The van der Waals surface area contributed by atoms with Crippen molar-refractivity contribution >= 4 is 23.2 Å². The first-order valence-corrected chi connectivity index (χ1v) is 15.4. The summed E-state index contributed by atoms with van der Waals surface area (Å²) >= 11 is 0. The van der Waals surface area contributed by atoms with Gasteiger partial charge in [-0.2, -0.15) is 0 Å². The van der Waals surface area contributed by atoms with Crippen LogP contribution in [-0.2, 0) is 24.3 Å². The van der Waals surface area contributed by atoms with E-state index >= 15 is 0 Å². The van der Waals surface area contributed by atoms with Crippen LogP contribution in [-0.4, -0.2) is 72.1 Å². The van der Waals surface area contributed by atoms with Gasteiger partial charge >= 0.3 is 0 Å². The molecule has 0 saturated carbocycles. The first-order valence-electron chi connectivity index (χ1n) is 15.4. The smallest absolute Gasteiger partial charge is 0.237 e. The molecule has 0 spiro atoms. The molecule has 3 heterocycles. The van der Waals surface area contributed by atoms with E-state index in [2.05, 4.69) is 86.3 Å². The summed E-state index contributed by atoms with van der Waals surface area (Å²) in [5.74, 6) is 1.46. The summed E-state index contributed by atoms with van der Waals surface area (Å²) in [6.45, 7) is 4.39. The molecule has 0 radical (unpaired) electrons. The molecule has 2 aliphatic heterocycles. The van der Waals surface area contributed by atoms with Crippen molar-refractivity contribution in [2.75, 3.05) is 51.0 Å². The van der Waals surface area contributed by atoms with Crippen LogP contribution in [0.4, 0.5) is 17.3 Å². The summed E-state index contributed by atoms with van der Waals surface area (Å²) in [4.78, 5) is 27.3. The molecule has 0 unspecified atom stereocenters. The summed E-state index contributed by atoms with van der Waals surface area (Å²) in [5.41, 5.74) is 7.22. The van der Waals surface area contributed by atoms with Crippen LogP contribution >= 0.6 is 0 Å². The lowest BCUT2D eigenvalue weighted by Gasteiger charge is -2.25. The number of aromatic nitrogens is 2. The molecular formula is C35H41N7O2. The number of hydrogen-bond donors (Lipinski definition) is 3. The number of ether oxygens (including phenoxy) is 1. The van der Waals surface area contributed by atoms with E-state index in [-0.39, 0.29) is 11.9 Å². The Kier molecular flexibility index (Phi) is 9.34. The quantitative estimate of drug-likeness (QED) is 0.296. The van der Waals surface area contributed by atoms with E-state index in [4.69, 9.17) is 9.72 Å². The number of anilines is 3. The number of carbonyl (C=O) groups is 1. The maximum Gasteiger partial charge on any atom is 0.237 e. The van der Waals surface area contributed by atoms with Gasteiger partial charge in [0.15, 0.2) is 0 Å². The number of nitrogens with one attached hydrogen (secondary N) is 3. The van der Waals surface area contributed by atoms with Crippen molar-refractivity contribution in [2.45, 2.75) is 38.4 Å². The van der Waals surface area contributed by atoms with Gasteiger partial charge in [0.1, 0.15) is 5.75 Å². The highest BCUT2D eigenvalue weighted by Crippen LogP contribution is 2.29. The van der Waals surface area contributed by atoms with Crippen LogP contribution in [0.1, 0.15) is 29.5 Å². The van der Waals surface area contributed by atoms with Gasteiger partial charge in [-0.25, -0.2) is 9.97 Å². The Morgan fingerprint density at radius 3 is 2.77 bits per heavy atom. The van der Waals surface area contributed by atoms with Crippen molar-refractivity contribution in [3.8, 4) is 17.0 Å². The molecule has 44 heavy (non-hydrogen) atoms. The van der Waals surface area contributed by atoms with Gasteiger partial charge in [-0.05, 0) is 86.4 Å². The van der Waals surface area contributed by atoms with Gasteiger partial charge in [-0.3, -0.25) is 9.69 Å². The SMILES string of the molecule is COc1ccc2cc1CN(C)CCNC(=O)[C@@H]1CCCN1Cc1cc(NCCc3ccccc3)cc(c1)Nc1nccc-2n1. The second kappa shape index (κ2) is 13.9. The van der Waals surface area contributed by atoms with Crippen molar-refractivity contribution in [3.05, 3.63) is 95.7 Å². The van der Waals surface area contributed by atoms with Crippen LogP contribution in [0.5, 0.6) is 5.75 Å². The average Bonchev–Trinajstić information content (AvgIpc) is 3.49. The second-order valence-electron chi connectivity index (χ2n) is 11.7. The number of fused-ring (bicyclic) bond motifs is 8. The zero-order chi connectivity index (χ0) is 30.3. The molecule has 3 aromatic carbocycles. The van der Waals surface area contributed by atoms with E-state index in [1.54, 1.807) is 13.3 Å². The van der Waals surface area contributed by atoms with Crippen LogP contribution in [0.3, 0.4) is 0 Å². The lowest BCUT2D eigenvalue weighted by molar-refractivity contribution is -0.125. The number of rotatable bonds is 5. The van der Waals surface area contributed by atoms with Crippen molar-refractivity contribution < 1.29 is 9.53 Å². The van der Waals surface area contributed by atoms with E-state index in [1.807, 2.05) is 24.3 Å². The van der Waals surface area contributed by atoms with Gasteiger partial charge in [0, 0.05) is 61.4 Å². The van der Waals surface area contributed by atoms with Crippen LogP contribution in [0.15, 0.2) is 79.0 Å². The molecule has 6 bridgehead atoms. The van der Waals surface area contributed by atoms with Crippen LogP contribution in [0, 0.1) is 0 Å². The monoisotopic (exact) mass is 591 g/mol. The molecule has 1 amide bonds. The fourth-order valence-electron chi connectivity index (χ4n) is 6.13. The molecule has 3 N–H and O–H groups in total. The fraction of sp³-hybridized carbons (Fsp3) is 0.343. The molecule has 4 aromatic rings. The number of methoxy groups -OCH3 is 1. The van der Waals surface area contributed by atoms with Crippen molar-refractivity contribution in [3.63, 3.8) is 0 Å². The first kappa shape index (κ1) is 29.6. The Morgan fingerprint density at radius 2 is 1.91 bits per heavy atom. The number of benzene rings is 3. The second-order valence-corrected chi connectivity index (χ2v) is 11.7. The van der Waals surface area contributed by atoms with E-state index in [0.717, 1.165) is 78.4 Å².